The van der Waals surface area contributed by atoms with Crippen molar-refractivity contribution >= 4 is 22.5 Å². The quantitative estimate of drug-likeness (QED) is 0.795. The molecule has 2 heterocycles. The highest BCUT2D eigenvalue weighted by atomic mass is 15.2. The van der Waals surface area contributed by atoms with Crippen molar-refractivity contribution in [2.75, 3.05) is 38.5 Å². The first-order chi connectivity index (χ1) is 12.3. The molecular weight excluding hydrogens is 310 g/mol. The maximum atomic E-state index is 4.61. The average molecular weight is 333 g/mol. The number of anilines is 2. The van der Waals surface area contributed by atoms with Gasteiger partial charge in [0.2, 0.25) is 0 Å². The van der Waals surface area contributed by atoms with Crippen LogP contribution in [0.15, 0.2) is 54.7 Å². The number of piperazine rings is 1. The minimum Gasteiger partial charge on any atom is -0.339 e. The van der Waals surface area contributed by atoms with E-state index in [4.69, 9.17) is 0 Å². The zero-order chi connectivity index (χ0) is 17.1. The van der Waals surface area contributed by atoms with Crippen LogP contribution in [0.4, 0.5) is 11.5 Å². The van der Waals surface area contributed by atoms with Crippen molar-refractivity contribution in [2.24, 2.45) is 0 Å². The molecular formula is C20H23N5. The van der Waals surface area contributed by atoms with Crippen LogP contribution in [0, 0.1) is 0 Å². The molecule has 128 valence electrons. The van der Waals surface area contributed by atoms with Gasteiger partial charge in [-0.1, -0.05) is 24.3 Å². The van der Waals surface area contributed by atoms with E-state index in [0.717, 1.165) is 55.3 Å². The number of hydrogen-bond donors (Lipinski definition) is 1. The van der Waals surface area contributed by atoms with Gasteiger partial charge in [-0.25, -0.2) is 4.98 Å². The molecule has 2 aromatic carbocycles. The van der Waals surface area contributed by atoms with Gasteiger partial charge in [0.15, 0.2) is 0 Å². The molecule has 3 aromatic rings. The van der Waals surface area contributed by atoms with E-state index in [2.05, 4.69) is 56.4 Å². The molecule has 25 heavy (non-hydrogen) atoms. The van der Waals surface area contributed by atoms with Crippen LogP contribution in [0.1, 0.15) is 5.56 Å². The second kappa shape index (κ2) is 7.17. The molecule has 0 amide bonds. The van der Waals surface area contributed by atoms with Crippen LogP contribution in [0.2, 0.25) is 0 Å². The Bertz CT molecular complexity index is 838. The van der Waals surface area contributed by atoms with Crippen LogP contribution in [0.3, 0.4) is 0 Å². The van der Waals surface area contributed by atoms with Gasteiger partial charge < -0.3 is 10.2 Å². The molecule has 0 bridgehead atoms. The number of hydrogen-bond acceptors (Lipinski definition) is 5. The van der Waals surface area contributed by atoms with E-state index >= 15 is 0 Å². The van der Waals surface area contributed by atoms with E-state index in [9.17, 15) is 0 Å². The first kappa shape index (κ1) is 16.0. The number of para-hydroxylation sites is 2. The Morgan fingerprint density at radius 3 is 2.40 bits per heavy atom. The molecule has 1 fully saturated rings. The van der Waals surface area contributed by atoms with E-state index < -0.39 is 0 Å². The van der Waals surface area contributed by atoms with E-state index in [-0.39, 0.29) is 0 Å². The average Bonchev–Trinajstić information content (AvgIpc) is 2.65. The highest BCUT2D eigenvalue weighted by Crippen LogP contribution is 2.18. The monoisotopic (exact) mass is 333 g/mol. The maximum Gasteiger partial charge on any atom is 0.149 e. The molecule has 4 rings (SSSR count). The summed E-state index contributed by atoms with van der Waals surface area (Å²) in [5.74, 6) is 0.769. The molecule has 5 nitrogen and oxygen atoms in total. The van der Waals surface area contributed by atoms with Crippen LogP contribution in [0.25, 0.3) is 11.0 Å². The van der Waals surface area contributed by atoms with Gasteiger partial charge in [0, 0.05) is 38.4 Å². The minimum atomic E-state index is 0.769. The number of fused-ring (bicyclic) bond motifs is 1. The van der Waals surface area contributed by atoms with Crippen molar-refractivity contribution < 1.29 is 0 Å². The zero-order valence-electron chi connectivity index (χ0n) is 14.5. The largest absolute Gasteiger partial charge is 0.339 e. The smallest absolute Gasteiger partial charge is 0.149 e. The summed E-state index contributed by atoms with van der Waals surface area (Å²) < 4.78 is 0. The van der Waals surface area contributed by atoms with E-state index in [1.807, 2.05) is 24.3 Å². The van der Waals surface area contributed by atoms with Crippen molar-refractivity contribution in [1.29, 1.82) is 0 Å². The van der Waals surface area contributed by atoms with Crippen molar-refractivity contribution in [3.05, 3.63) is 60.3 Å². The summed E-state index contributed by atoms with van der Waals surface area (Å²) in [4.78, 5) is 13.9. The normalized spacial score (nSPS) is 16.2. The number of likely N-dealkylation sites (N-methyl/N-ethyl adjacent to an activating group) is 1. The summed E-state index contributed by atoms with van der Waals surface area (Å²) in [5.41, 5.74) is 4.20. The highest BCUT2D eigenvalue weighted by molar-refractivity contribution is 5.76. The molecule has 1 saturated heterocycles. The van der Waals surface area contributed by atoms with Crippen LogP contribution >= 0.6 is 0 Å². The molecule has 0 radical (unpaired) electrons. The summed E-state index contributed by atoms with van der Waals surface area (Å²) in [6.45, 7) is 5.61. The Morgan fingerprint density at radius 2 is 1.64 bits per heavy atom. The standard InChI is InChI=1S/C20H23N5/c1-24-10-12-25(13-11-24)15-16-6-8-17(9-7-16)22-20-14-21-18-4-2-3-5-19(18)23-20/h2-9,14H,10-13,15H2,1H3,(H,22,23). The van der Waals surface area contributed by atoms with Gasteiger partial charge in [0.25, 0.3) is 0 Å². The van der Waals surface area contributed by atoms with Gasteiger partial charge in [-0.2, -0.15) is 0 Å². The highest BCUT2D eigenvalue weighted by Gasteiger charge is 2.13. The third-order valence-corrected chi connectivity index (χ3v) is 4.68. The number of nitrogens with one attached hydrogen (secondary N) is 1. The Labute approximate surface area is 148 Å². The van der Waals surface area contributed by atoms with Gasteiger partial charge in [0.05, 0.1) is 17.2 Å². The summed E-state index contributed by atoms with van der Waals surface area (Å²) in [6.07, 6.45) is 1.78. The fourth-order valence-corrected chi connectivity index (χ4v) is 3.12. The number of benzene rings is 2. The molecule has 0 spiro atoms. The van der Waals surface area contributed by atoms with Crippen molar-refractivity contribution in [3.63, 3.8) is 0 Å². The van der Waals surface area contributed by atoms with Crippen LogP contribution in [0.5, 0.6) is 0 Å². The Balaban J connectivity index is 1.41. The Kier molecular flexibility index (Phi) is 4.59. The van der Waals surface area contributed by atoms with E-state index in [1.54, 1.807) is 6.20 Å². The van der Waals surface area contributed by atoms with Crippen LogP contribution in [-0.4, -0.2) is 53.0 Å². The third-order valence-electron chi connectivity index (χ3n) is 4.68. The van der Waals surface area contributed by atoms with Crippen LogP contribution in [-0.2, 0) is 6.54 Å². The maximum absolute atomic E-state index is 4.61. The molecule has 0 saturated carbocycles. The Hall–Kier alpha value is -2.50. The lowest BCUT2D eigenvalue weighted by molar-refractivity contribution is 0.148. The van der Waals surface area contributed by atoms with Crippen molar-refractivity contribution in [1.82, 2.24) is 19.8 Å². The summed E-state index contributed by atoms with van der Waals surface area (Å²) in [5, 5.41) is 3.34. The second-order valence-electron chi connectivity index (χ2n) is 6.65. The molecule has 0 unspecified atom stereocenters. The fourth-order valence-electron chi connectivity index (χ4n) is 3.12. The number of nitrogens with zero attached hydrogens (tertiary/aromatic N) is 4. The fraction of sp³-hybridized carbons (Fsp3) is 0.300. The number of aromatic nitrogens is 2. The predicted octanol–water partition coefficient (Wildman–Crippen LogP) is 3.12. The lowest BCUT2D eigenvalue weighted by Crippen LogP contribution is -2.43. The van der Waals surface area contributed by atoms with Gasteiger partial charge in [-0.15, -0.1) is 0 Å². The molecule has 1 aliphatic rings. The second-order valence-corrected chi connectivity index (χ2v) is 6.65. The molecule has 1 aromatic heterocycles. The van der Waals surface area contributed by atoms with E-state index in [0.29, 0.717) is 0 Å². The topological polar surface area (TPSA) is 44.3 Å². The first-order valence-electron chi connectivity index (χ1n) is 8.75. The lowest BCUT2D eigenvalue weighted by atomic mass is 10.2. The summed E-state index contributed by atoms with van der Waals surface area (Å²) in [6, 6.07) is 16.5. The molecule has 1 N–H and O–H groups in total. The van der Waals surface area contributed by atoms with Crippen molar-refractivity contribution in [3.8, 4) is 0 Å². The Morgan fingerprint density at radius 1 is 0.920 bits per heavy atom. The van der Waals surface area contributed by atoms with Gasteiger partial charge >= 0.3 is 0 Å². The minimum absolute atomic E-state index is 0.769. The van der Waals surface area contributed by atoms with Gasteiger partial charge in [0.1, 0.15) is 5.82 Å². The first-order valence-corrected chi connectivity index (χ1v) is 8.75. The predicted molar refractivity (Wildman–Crippen MR) is 102 cm³/mol. The third kappa shape index (κ3) is 3.95. The molecule has 0 atom stereocenters. The van der Waals surface area contributed by atoms with Crippen molar-refractivity contribution in [2.45, 2.75) is 6.54 Å². The van der Waals surface area contributed by atoms with Gasteiger partial charge in [-0.05, 0) is 36.9 Å². The summed E-state index contributed by atoms with van der Waals surface area (Å²) >= 11 is 0. The van der Waals surface area contributed by atoms with E-state index in [1.165, 1.54) is 5.56 Å². The van der Waals surface area contributed by atoms with Gasteiger partial charge in [-0.3, -0.25) is 9.88 Å². The molecule has 0 aliphatic carbocycles. The summed E-state index contributed by atoms with van der Waals surface area (Å²) in [7, 11) is 2.19. The zero-order valence-corrected chi connectivity index (χ0v) is 14.5. The number of rotatable bonds is 4. The molecule has 5 heteroatoms. The molecule has 1 aliphatic heterocycles. The SMILES string of the molecule is CN1CCN(Cc2ccc(Nc3cnc4ccccc4n3)cc2)CC1. The lowest BCUT2D eigenvalue weighted by Gasteiger charge is -2.32. The van der Waals surface area contributed by atoms with Crippen LogP contribution < -0.4 is 5.32 Å².